The van der Waals surface area contributed by atoms with Gasteiger partial charge >= 0.3 is 0 Å². The van der Waals surface area contributed by atoms with Gasteiger partial charge in [-0.05, 0) is 43.9 Å². The molecule has 0 aliphatic rings. The molecule has 0 saturated heterocycles. The average Bonchev–Trinajstić information content (AvgIpc) is 2.21. The predicted molar refractivity (Wildman–Crippen MR) is 64.5 cm³/mol. The second-order valence-corrected chi connectivity index (χ2v) is 4.38. The van der Waals surface area contributed by atoms with E-state index in [1.807, 2.05) is 0 Å². The molecule has 1 aromatic rings. The van der Waals surface area contributed by atoms with Crippen LogP contribution in [0.25, 0.3) is 0 Å². The van der Waals surface area contributed by atoms with Crippen LogP contribution in [0.15, 0.2) is 18.2 Å². The number of unbranched alkanes of at least 4 members (excludes halogenated alkanes) is 3. The lowest BCUT2D eigenvalue weighted by Crippen LogP contribution is -1.98. The third kappa shape index (κ3) is 6.37. The van der Waals surface area contributed by atoms with Gasteiger partial charge < -0.3 is 5.11 Å². The van der Waals surface area contributed by atoms with Crippen LogP contribution in [-0.2, 0) is 6.42 Å². The molecule has 0 bridgehead atoms. The molecule has 0 saturated carbocycles. The second-order valence-electron chi connectivity index (χ2n) is 4.38. The summed E-state index contributed by atoms with van der Waals surface area (Å²) in [6.45, 7) is 3.50. The number of hydrogen-bond donors (Lipinski definition) is 1. The number of aryl methyl sites for hydroxylation is 1. The summed E-state index contributed by atoms with van der Waals surface area (Å²) < 4.78 is 25.7. The zero-order valence-electron chi connectivity index (χ0n) is 9.96. The molecule has 95 valence electrons. The lowest BCUT2D eigenvalue weighted by atomic mass is 10.0. The smallest absolute Gasteiger partial charge is 0.126 e. The number of halogens is 2. The molecule has 17 heavy (non-hydrogen) atoms. The highest BCUT2D eigenvalue weighted by atomic mass is 19.1. The Bertz CT molecular complexity index is 317. The minimum atomic E-state index is -0.514. The van der Waals surface area contributed by atoms with Crippen molar-refractivity contribution in [1.29, 1.82) is 0 Å². The van der Waals surface area contributed by atoms with Gasteiger partial charge in [-0.2, -0.15) is 0 Å². The molecular formula is C14H19F2O. The van der Waals surface area contributed by atoms with E-state index >= 15 is 0 Å². The summed E-state index contributed by atoms with van der Waals surface area (Å²) in [6.07, 6.45) is 4.82. The molecule has 0 fully saturated rings. The Morgan fingerprint density at radius 1 is 1.00 bits per heavy atom. The predicted octanol–water partition coefficient (Wildman–Crippen LogP) is 3.65. The van der Waals surface area contributed by atoms with Crippen molar-refractivity contribution in [1.82, 2.24) is 0 Å². The Morgan fingerprint density at radius 3 is 2.18 bits per heavy atom. The first-order valence-electron chi connectivity index (χ1n) is 6.04. The highest BCUT2D eigenvalue weighted by molar-refractivity contribution is 5.17. The van der Waals surface area contributed by atoms with Crippen LogP contribution in [0.2, 0.25) is 0 Å². The number of benzene rings is 1. The molecule has 0 heterocycles. The summed E-state index contributed by atoms with van der Waals surface area (Å²) in [6, 6.07) is 3.64. The van der Waals surface area contributed by atoms with E-state index in [9.17, 15) is 8.78 Å². The molecule has 1 N–H and O–H groups in total. The summed E-state index contributed by atoms with van der Waals surface area (Å²) in [5.74, 6) is -1.03. The fourth-order valence-corrected chi connectivity index (χ4v) is 1.82. The molecule has 1 unspecified atom stereocenters. The Balaban J connectivity index is 2.18. The zero-order valence-corrected chi connectivity index (χ0v) is 9.96. The van der Waals surface area contributed by atoms with E-state index in [1.54, 1.807) is 0 Å². The van der Waals surface area contributed by atoms with Gasteiger partial charge in [0, 0.05) is 6.07 Å². The highest BCUT2D eigenvalue weighted by Crippen LogP contribution is 2.13. The number of rotatable bonds is 7. The van der Waals surface area contributed by atoms with Crippen molar-refractivity contribution in [3.05, 3.63) is 42.3 Å². The van der Waals surface area contributed by atoms with Gasteiger partial charge in [-0.25, -0.2) is 8.78 Å². The van der Waals surface area contributed by atoms with Gasteiger partial charge in [0.15, 0.2) is 0 Å². The van der Waals surface area contributed by atoms with E-state index in [0.717, 1.165) is 31.7 Å². The van der Waals surface area contributed by atoms with Gasteiger partial charge in [0.1, 0.15) is 11.6 Å². The molecule has 1 rings (SSSR count). The first kappa shape index (κ1) is 14.1. The quantitative estimate of drug-likeness (QED) is 0.722. The van der Waals surface area contributed by atoms with Crippen molar-refractivity contribution in [3.63, 3.8) is 0 Å². The van der Waals surface area contributed by atoms with Crippen LogP contribution in [0, 0.1) is 18.6 Å². The van der Waals surface area contributed by atoms with Crippen LogP contribution in [-0.4, -0.2) is 11.2 Å². The van der Waals surface area contributed by atoms with Crippen molar-refractivity contribution in [2.24, 2.45) is 0 Å². The van der Waals surface area contributed by atoms with Crippen LogP contribution in [0.1, 0.15) is 37.7 Å². The van der Waals surface area contributed by atoms with Gasteiger partial charge in [-0.15, -0.1) is 0 Å². The fourth-order valence-electron chi connectivity index (χ4n) is 1.82. The molecule has 0 aromatic heterocycles. The SMILES string of the molecule is [CH2]C(O)CCCCCCc1cc(F)cc(F)c1. The standard InChI is InChI=1S/C14H19F2O/c1-11(17)6-4-2-3-5-7-12-8-13(15)10-14(16)9-12/h8-11,17H,1-7H2. The first-order valence-corrected chi connectivity index (χ1v) is 6.04. The van der Waals surface area contributed by atoms with Crippen molar-refractivity contribution in [3.8, 4) is 0 Å². The number of aliphatic hydroxyl groups is 1. The summed E-state index contributed by atoms with van der Waals surface area (Å²) in [7, 11) is 0. The topological polar surface area (TPSA) is 20.2 Å². The van der Waals surface area contributed by atoms with Crippen LogP contribution in [0.4, 0.5) is 8.78 Å². The van der Waals surface area contributed by atoms with Crippen molar-refractivity contribution < 1.29 is 13.9 Å². The summed E-state index contributed by atoms with van der Waals surface area (Å²) in [5, 5.41) is 8.95. The van der Waals surface area contributed by atoms with Gasteiger partial charge in [0.25, 0.3) is 0 Å². The average molecular weight is 241 g/mol. The summed E-state index contributed by atoms with van der Waals surface area (Å²) in [5.41, 5.74) is 0.708. The normalized spacial score (nSPS) is 12.7. The molecule has 3 heteroatoms. The molecule has 1 atom stereocenters. The Labute approximate surface area is 101 Å². The lowest BCUT2D eigenvalue weighted by molar-refractivity contribution is 0.205. The Morgan fingerprint density at radius 2 is 1.59 bits per heavy atom. The first-order chi connectivity index (χ1) is 8.08. The molecule has 0 aliphatic heterocycles. The Kier molecular flexibility index (Phi) is 6.12. The fraction of sp³-hybridized carbons (Fsp3) is 0.500. The maximum atomic E-state index is 12.9. The molecule has 0 amide bonds. The van der Waals surface area contributed by atoms with Crippen LogP contribution in [0.3, 0.4) is 0 Å². The van der Waals surface area contributed by atoms with Gasteiger partial charge in [-0.1, -0.05) is 19.3 Å². The number of aliphatic hydroxyl groups excluding tert-OH is 1. The maximum absolute atomic E-state index is 12.9. The van der Waals surface area contributed by atoms with E-state index in [0.29, 0.717) is 18.4 Å². The summed E-state index contributed by atoms with van der Waals surface area (Å²) in [4.78, 5) is 0. The number of hydrogen-bond acceptors (Lipinski definition) is 1. The van der Waals surface area contributed by atoms with E-state index in [2.05, 4.69) is 6.92 Å². The van der Waals surface area contributed by atoms with Crippen molar-refractivity contribution in [2.75, 3.05) is 0 Å². The highest BCUT2D eigenvalue weighted by Gasteiger charge is 2.01. The lowest BCUT2D eigenvalue weighted by Gasteiger charge is -2.04. The third-order valence-corrected chi connectivity index (χ3v) is 2.68. The minimum absolute atomic E-state index is 0.479. The van der Waals surface area contributed by atoms with E-state index in [1.165, 1.54) is 12.1 Å². The van der Waals surface area contributed by atoms with Crippen LogP contribution >= 0.6 is 0 Å². The third-order valence-electron chi connectivity index (χ3n) is 2.68. The molecule has 1 radical (unpaired) electrons. The molecule has 0 aliphatic carbocycles. The van der Waals surface area contributed by atoms with Gasteiger partial charge in [-0.3, -0.25) is 0 Å². The van der Waals surface area contributed by atoms with Crippen LogP contribution in [0.5, 0.6) is 0 Å². The zero-order chi connectivity index (χ0) is 12.7. The second kappa shape index (κ2) is 7.38. The van der Waals surface area contributed by atoms with E-state index in [-0.39, 0.29) is 0 Å². The van der Waals surface area contributed by atoms with E-state index in [4.69, 9.17) is 5.11 Å². The van der Waals surface area contributed by atoms with Crippen molar-refractivity contribution >= 4 is 0 Å². The molecule has 1 aromatic carbocycles. The van der Waals surface area contributed by atoms with Crippen LogP contribution < -0.4 is 0 Å². The van der Waals surface area contributed by atoms with Crippen molar-refractivity contribution in [2.45, 2.75) is 44.6 Å². The monoisotopic (exact) mass is 241 g/mol. The minimum Gasteiger partial charge on any atom is -0.393 e. The van der Waals surface area contributed by atoms with E-state index < -0.39 is 17.7 Å². The summed E-state index contributed by atoms with van der Waals surface area (Å²) >= 11 is 0. The molecule has 0 spiro atoms. The maximum Gasteiger partial charge on any atom is 0.126 e. The molecule has 1 nitrogen and oxygen atoms in total. The molecular weight excluding hydrogens is 222 g/mol. The van der Waals surface area contributed by atoms with Gasteiger partial charge in [0.2, 0.25) is 0 Å². The van der Waals surface area contributed by atoms with Gasteiger partial charge in [0.05, 0.1) is 6.10 Å². The largest absolute Gasteiger partial charge is 0.393 e. The Hall–Kier alpha value is -0.960.